The molecule has 0 spiro atoms. The molecule has 0 bridgehead atoms. The number of hydrogen-bond acceptors (Lipinski definition) is 3. The highest BCUT2D eigenvalue weighted by atomic mass is 19.1. The van der Waals surface area contributed by atoms with E-state index in [2.05, 4.69) is 10.3 Å². The molecule has 2 aromatic carbocycles. The lowest BCUT2D eigenvalue weighted by Gasteiger charge is -2.27. The van der Waals surface area contributed by atoms with Gasteiger partial charge in [-0.2, -0.15) is 0 Å². The Morgan fingerprint density at radius 2 is 2.14 bits per heavy atom. The highest BCUT2D eigenvalue weighted by Crippen LogP contribution is 2.32. The summed E-state index contributed by atoms with van der Waals surface area (Å²) in [7, 11) is 0. The van der Waals surface area contributed by atoms with Gasteiger partial charge >= 0.3 is 0 Å². The van der Waals surface area contributed by atoms with Crippen LogP contribution in [0.1, 0.15) is 27.9 Å². The number of aromatic amines is 1. The first kappa shape index (κ1) is 19.4. The van der Waals surface area contributed by atoms with E-state index in [1.807, 2.05) is 6.20 Å². The molecule has 5 nitrogen and oxygen atoms in total. The first-order chi connectivity index (χ1) is 14.0. The minimum absolute atomic E-state index is 0.129. The Balaban J connectivity index is 1.29. The third-order valence-corrected chi connectivity index (χ3v) is 5.40. The fourth-order valence-corrected chi connectivity index (χ4v) is 3.94. The maximum Gasteiger partial charge on any atom is 0.249 e. The maximum atomic E-state index is 13.9. The molecule has 1 aliphatic heterocycles. The summed E-state index contributed by atoms with van der Waals surface area (Å²) in [5, 5.41) is 4.32. The van der Waals surface area contributed by atoms with Crippen molar-refractivity contribution in [2.24, 2.45) is 11.7 Å². The monoisotopic (exact) mass is 399 g/mol. The summed E-state index contributed by atoms with van der Waals surface area (Å²) in [5.41, 5.74) is 8.31. The van der Waals surface area contributed by atoms with Gasteiger partial charge in [0.25, 0.3) is 0 Å². The third kappa shape index (κ3) is 4.10. The number of aryl methyl sites for hydroxylation is 1. The van der Waals surface area contributed by atoms with Crippen LogP contribution in [-0.2, 0) is 12.8 Å². The topological polar surface area (TPSA) is 80.1 Å². The van der Waals surface area contributed by atoms with Gasteiger partial charge in [-0.25, -0.2) is 8.78 Å². The van der Waals surface area contributed by atoms with Gasteiger partial charge in [0.05, 0.1) is 6.61 Å². The number of halogens is 2. The van der Waals surface area contributed by atoms with E-state index in [-0.39, 0.29) is 17.5 Å². The molecule has 1 aliphatic rings. The van der Waals surface area contributed by atoms with Crippen molar-refractivity contribution in [2.75, 3.05) is 19.7 Å². The van der Waals surface area contributed by atoms with Crippen LogP contribution < -0.4 is 15.8 Å². The smallest absolute Gasteiger partial charge is 0.249 e. The highest BCUT2D eigenvalue weighted by molar-refractivity contribution is 5.95. The van der Waals surface area contributed by atoms with E-state index in [0.29, 0.717) is 30.7 Å². The van der Waals surface area contributed by atoms with E-state index < -0.39 is 11.7 Å². The summed E-state index contributed by atoms with van der Waals surface area (Å²) in [6.45, 7) is 1.87. The number of carbonyl (C=O) groups excluding carboxylic acids is 1. The van der Waals surface area contributed by atoms with Crippen LogP contribution in [-0.4, -0.2) is 30.6 Å². The molecule has 0 fully saturated rings. The number of aromatic nitrogens is 1. The molecule has 1 unspecified atom stereocenters. The van der Waals surface area contributed by atoms with Crippen LogP contribution in [0.5, 0.6) is 5.75 Å². The first-order valence-corrected chi connectivity index (χ1v) is 9.73. The Morgan fingerprint density at radius 1 is 1.28 bits per heavy atom. The van der Waals surface area contributed by atoms with Crippen LogP contribution in [0, 0.1) is 17.6 Å². The fraction of sp³-hybridized carbons (Fsp3) is 0.318. The van der Waals surface area contributed by atoms with E-state index in [4.69, 9.17) is 10.5 Å². The summed E-state index contributed by atoms with van der Waals surface area (Å²) in [5.74, 6) is -1.00. The van der Waals surface area contributed by atoms with Gasteiger partial charge in [0, 0.05) is 40.7 Å². The van der Waals surface area contributed by atoms with Gasteiger partial charge in [0.15, 0.2) is 11.6 Å². The summed E-state index contributed by atoms with van der Waals surface area (Å²) in [6, 6.07) is 7.38. The summed E-state index contributed by atoms with van der Waals surface area (Å²) in [6.07, 6.45) is 4.20. The Labute approximate surface area is 167 Å². The quantitative estimate of drug-likeness (QED) is 0.533. The number of amides is 1. The van der Waals surface area contributed by atoms with Crippen molar-refractivity contribution in [3.05, 3.63) is 64.9 Å². The van der Waals surface area contributed by atoms with Gasteiger partial charge < -0.3 is 20.8 Å². The zero-order valence-electron chi connectivity index (χ0n) is 15.9. The number of carbonyl (C=O) groups is 1. The summed E-state index contributed by atoms with van der Waals surface area (Å²) < 4.78 is 33.0. The van der Waals surface area contributed by atoms with Gasteiger partial charge in [-0.15, -0.1) is 0 Å². The Kier molecular flexibility index (Phi) is 5.49. The number of H-pyrrole nitrogens is 1. The van der Waals surface area contributed by atoms with Crippen molar-refractivity contribution in [1.82, 2.24) is 10.3 Å². The van der Waals surface area contributed by atoms with Crippen LogP contribution in [0.4, 0.5) is 8.78 Å². The Bertz CT molecular complexity index is 1050. The number of fused-ring (bicyclic) bond motifs is 2. The summed E-state index contributed by atoms with van der Waals surface area (Å²) >= 11 is 0. The number of hydrogen-bond donors (Lipinski definition) is 3. The molecule has 152 valence electrons. The Morgan fingerprint density at radius 3 is 2.97 bits per heavy atom. The van der Waals surface area contributed by atoms with E-state index in [0.717, 1.165) is 35.9 Å². The second-order valence-electron chi connectivity index (χ2n) is 7.46. The van der Waals surface area contributed by atoms with E-state index >= 15 is 0 Å². The number of benzene rings is 2. The minimum Gasteiger partial charge on any atom is -0.490 e. The van der Waals surface area contributed by atoms with Gasteiger partial charge in [-0.3, -0.25) is 4.79 Å². The molecule has 1 aromatic heterocycles. The fourth-order valence-electron chi connectivity index (χ4n) is 3.94. The van der Waals surface area contributed by atoms with Crippen LogP contribution in [0.15, 0.2) is 36.5 Å². The molecule has 0 radical (unpaired) electrons. The Hall–Kier alpha value is -2.93. The van der Waals surface area contributed by atoms with Crippen molar-refractivity contribution in [3.8, 4) is 5.75 Å². The molecule has 29 heavy (non-hydrogen) atoms. The molecule has 0 saturated heterocycles. The van der Waals surface area contributed by atoms with Crippen LogP contribution in [0.3, 0.4) is 0 Å². The predicted octanol–water partition coefficient (Wildman–Crippen LogP) is 3.32. The van der Waals surface area contributed by atoms with Gasteiger partial charge in [-0.1, -0.05) is 0 Å². The van der Waals surface area contributed by atoms with Crippen LogP contribution >= 0.6 is 0 Å². The average molecular weight is 399 g/mol. The second kappa shape index (κ2) is 8.21. The lowest BCUT2D eigenvalue weighted by Crippen LogP contribution is -2.33. The van der Waals surface area contributed by atoms with Crippen molar-refractivity contribution >= 4 is 16.8 Å². The molecule has 0 saturated carbocycles. The van der Waals surface area contributed by atoms with Crippen molar-refractivity contribution in [3.63, 3.8) is 0 Å². The summed E-state index contributed by atoms with van der Waals surface area (Å²) in [4.78, 5) is 14.8. The molecule has 7 heteroatoms. The molecule has 1 amide bonds. The molecule has 2 heterocycles. The van der Waals surface area contributed by atoms with Crippen LogP contribution in [0.25, 0.3) is 10.9 Å². The first-order valence-electron chi connectivity index (χ1n) is 9.73. The van der Waals surface area contributed by atoms with Crippen LogP contribution in [0.2, 0.25) is 0 Å². The normalized spacial score (nSPS) is 15.9. The number of primary amides is 1. The van der Waals surface area contributed by atoms with Gasteiger partial charge in [0.2, 0.25) is 5.91 Å². The molecule has 4 N–H and O–H groups in total. The SMILES string of the molecule is NC(=O)c1ccc(F)c2c1CC(CNCCCc1c[nH]c3ccc(F)cc13)CO2. The molecule has 4 rings (SSSR count). The largest absolute Gasteiger partial charge is 0.490 e. The van der Waals surface area contributed by atoms with E-state index in [9.17, 15) is 13.6 Å². The number of nitrogens with two attached hydrogens (primary N) is 1. The highest BCUT2D eigenvalue weighted by Gasteiger charge is 2.26. The lowest BCUT2D eigenvalue weighted by molar-refractivity contribution is 0.0996. The number of ether oxygens (including phenoxy) is 1. The molecular weight excluding hydrogens is 376 g/mol. The second-order valence-corrected chi connectivity index (χ2v) is 7.46. The number of rotatable bonds is 7. The van der Waals surface area contributed by atoms with Crippen molar-refractivity contribution in [2.45, 2.75) is 19.3 Å². The molecule has 3 aromatic rings. The standard InChI is InChI=1S/C22H23F2N3O2/c23-15-3-6-20-17(9-15)14(11-27-20)2-1-7-26-10-13-8-18-16(22(25)28)4-5-19(24)21(18)29-12-13/h3-6,9,11,13,26-27H,1-2,7-8,10,12H2,(H2,25,28). The number of nitrogens with one attached hydrogen (secondary N) is 2. The molecule has 0 aliphatic carbocycles. The maximum absolute atomic E-state index is 13.9. The lowest BCUT2D eigenvalue weighted by atomic mass is 9.92. The van der Waals surface area contributed by atoms with E-state index in [1.165, 1.54) is 18.2 Å². The zero-order chi connectivity index (χ0) is 20.4. The average Bonchev–Trinajstić information content (AvgIpc) is 3.09. The third-order valence-electron chi connectivity index (χ3n) is 5.40. The van der Waals surface area contributed by atoms with Gasteiger partial charge in [0.1, 0.15) is 5.82 Å². The minimum atomic E-state index is -0.575. The molecule has 1 atom stereocenters. The van der Waals surface area contributed by atoms with Crippen molar-refractivity contribution < 1.29 is 18.3 Å². The van der Waals surface area contributed by atoms with Crippen molar-refractivity contribution in [1.29, 1.82) is 0 Å². The zero-order valence-corrected chi connectivity index (χ0v) is 15.9. The predicted molar refractivity (Wildman–Crippen MR) is 107 cm³/mol. The molecular formula is C22H23F2N3O2. The van der Waals surface area contributed by atoms with Gasteiger partial charge in [-0.05, 0) is 61.7 Å². The van der Waals surface area contributed by atoms with E-state index in [1.54, 1.807) is 12.1 Å².